The van der Waals surface area contributed by atoms with Gasteiger partial charge in [-0.1, -0.05) is 24.3 Å². The highest BCUT2D eigenvalue weighted by atomic mass is 19.1. The summed E-state index contributed by atoms with van der Waals surface area (Å²) >= 11 is 0. The molecule has 0 aliphatic carbocycles. The van der Waals surface area contributed by atoms with Crippen molar-refractivity contribution in [2.75, 3.05) is 18.9 Å². The third-order valence-corrected chi connectivity index (χ3v) is 5.47. The van der Waals surface area contributed by atoms with E-state index in [2.05, 4.69) is 4.98 Å². The number of hydrogen-bond donors (Lipinski definition) is 1. The molecule has 2 aromatic carbocycles. The Bertz CT molecular complexity index is 1260. The summed E-state index contributed by atoms with van der Waals surface area (Å²) in [5.74, 6) is -0.661. The zero-order valence-corrected chi connectivity index (χ0v) is 16.8. The molecule has 1 aliphatic heterocycles. The van der Waals surface area contributed by atoms with Crippen LogP contribution in [0.5, 0.6) is 0 Å². The zero-order chi connectivity index (χ0) is 21.4. The largest absolute Gasteiger partial charge is 0.459 e. The molecule has 7 nitrogen and oxygen atoms in total. The second-order valence-electron chi connectivity index (χ2n) is 7.59. The first-order valence-corrected chi connectivity index (χ1v) is 10.2. The number of rotatable bonds is 5. The van der Waals surface area contributed by atoms with Gasteiger partial charge in [0.2, 0.25) is 0 Å². The first-order chi connectivity index (χ1) is 15.1. The van der Waals surface area contributed by atoms with Crippen LogP contribution in [0.4, 0.5) is 10.2 Å². The number of nitrogen functional groups attached to an aromatic ring is 1. The number of fused-ring (bicyclic) bond motifs is 2. The first-order valence-electron chi connectivity index (χ1n) is 10.2. The van der Waals surface area contributed by atoms with Gasteiger partial charge in [0, 0.05) is 6.61 Å². The van der Waals surface area contributed by atoms with Gasteiger partial charge in [-0.25, -0.2) is 19.2 Å². The molecule has 0 bridgehead atoms. The van der Waals surface area contributed by atoms with Gasteiger partial charge >= 0.3 is 5.97 Å². The minimum Gasteiger partial charge on any atom is -0.459 e. The van der Waals surface area contributed by atoms with E-state index in [1.54, 1.807) is 16.7 Å². The first kappa shape index (κ1) is 19.4. The number of aromatic nitrogens is 3. The van der Waals surface area contributed by atoms with Gasteiger partial charge in [-0.05, 0) is 42.7 Å². The van der Waals surface area contributed by atoms with E-state index >= 15 is 0 Å². The summed E-state index contributed by atoms with van der Waals surface area (Å²) in [5.41, 5.74) is 9.63. The summed E-state index contributed by atoms with van der Waals surface area (Å²) in [6, 6.07) is 13.5. The quantitative estimate of drug-likeness (QED) is 0.495. The van der Waals surface area contributed by atoms with Gasteiger partial charge in [-0.15, -0.1) is 0 Å². The molecule has 2 N–H and O–H groups in total. The zero-order valence-electron chi connectivity index (χ0n) is 16.8. The van der Waals surface area contributed by atoms with E-state index in [1.165, 1.54) is 12.1 Å². The van der Waals surface area contributed by atoms with Gasteiger partial charge < -0.3 is 19.8 Å². The molecule has 0 unspecified atom stereocenters. The summed E-state index contributed by atoms with van der Waals surface area (Å²) in [5, 5.41) is 0. The number of halogens is 1. The molecular weight excluding hydrogens is 399 g/mol. The average Bonchev–Trinajstić information content (AvgIpc) is 3.39. The molecule has 0 radical (unpaired) electrons. The Kier molecular flexibility index (Phi) is 4.99. The smallest absolute Gasteiger partial charge is 0.344 e. The number of benzene rings is 2. The number of para-hydroxylation sites is 2. The van der Waals surface area contributed by atoms with Gasteiger partial charge in [-0.3, -0.25) is 0 Å². The highest BCUT2D eigenvalue weighted by molar-refractivity contribution is 6.08. The molecule has 0 saturated carbocycles. The van der Waals surface area contributed by atoms with E-state index in [9.17, 15) is 9.18 Å². The maximum atomic E-state index is 13.3. The van der Waals surface area contributed by atoms with E-state index in [1.807, 2.05) is 24.3 Å². The second-order valence-corrected chi connectivity index (χ2v) is 7.59. The Morgan fingerprint density at radius 3 is 2.61 bits per heavy atom. The van der Waals surface area contributed by atoms with Crippen molar-refractivity contribution < 1.29 is 18.7 Å². The highest BCUT2D eigenvalue weighted by Crippen LogP contribution is 2.29. The lowest BCUT2D eigenvalue weighted by Gasteiger charge is -2.10. The minimum atomic E-state index is -0.555. The van der Waals surface area contributed by atoms with E-state index in [0.29, 0.717) is 35.3 Å². The summed E-state index contributed by atoms with van der Waals surface area (Å²) in [6.07, 6.45) is 1.72. The van der Waals surface area contributed by atoms with Crippen LogP contribution in [0.15, 0.2) is 48.5 Å². The molecule has 8 heteroatoms. The summed E-state index contributed by atoms with van der Waals surface area (Å²) in [6.45, 7) is 1.16. The maximum absolute atomic E-state index is 13.3. The topological polar surface area (TPSA) is 92.3 Å². The Hall–Kier alpha value is -3.52. The third-order valence-electron chi connectivity index (χ3n) is 5.47. The number of nitrogens with zero attached hydrogens (tertiary/aromatic N) is 3. The molecule has 1 fully saturated rings. The van der Waals surface area contributed by atoms with Crippen LogP contribution in [0.2, 0.25) is 0 Å². The average molecular weight is 420 g/mol. The van der Waals surface area contributed by atoms with Crippen molar-refractivity contribution in [1.82, 2.24) is 14.5 Å². The van der Waals surface area contributed by atoms with Crippen molar-refractivity contribution in [2.24, 2.45) is 0 Å². The molecule has 1 atom stereocenters. The van der Waals surface area contributed by atoms with Gasteiger partial charge in [-0.2, -0.15) is 0 Å². The summed E-state index contributed by atoms with van der Waals surface area (Å²) < 4.78 is 26.1. The summed E-state index contributed by atoms with van der Waals surface area (Å²) in [4.78, 5) is 22.4. The van der Waals surface area contributed by atoms with Crippen LogP contribution in [0.25, 0.3) is 22.2 Å². The van der Waals surface area contributed by atoms with Gasteiger partial charge in [0.15, 0.2) is 5.65 Å². The lowest BCUT2D eigenvalue weighted by atomic mass is 10.2. The predicted molar refractivity (Wildman–Crippen MR) is 114 cm³/mol. The number of nitrogens with two attached hydrogens (primary N) is 1. The third kappa shape index (κ3) is 3.70. The second kappa shape index (κ2) is 7.96. The normalized spacial score (nSPS) is 16.2. The molecule has 0 amide bonds. The molecule has 4 aromatic rings. The van der Waals surface area contributed by atoms with Crippen LogP contribution in [0.1, 0.15) is 28.8 Å². The van der Waals surface area contributed by atoms with Crippen molar-refractivity contribution in [2.45, 2.75) is 25.5 Å². The fraction of sp³-hybridized carbons (Fsp3) is 0.261. The maximum Gasteiger partial charge on any atom is 0.344 e. The van der Waals surface area contributed by atoms with E-state index in [4.69, 9.17) is 20.2 Å². The lowest BCUT2D eigenvalue weighted by Crippen LogP contribution is -2.18. The number of ether oxygens (including phenoxy) is 2. The molecule has 31 heavy (non-hydrogen) atoms. The van der Waals surface area contributed by atoms with Crippen molar-refractivity contribution in [3.63, 3.8) is 0 Å². The number of carbonyl (C=O) groups is 1. The van der Waals surface area contributed by atoms with Crippen LogP contribution in [-0.2, 0) is 16.0 Å². The van der Waals surface area contributed by atoms with Crippen LogP contribution >= 0.6 is 0 Å². The van der Waals surface area contributed by atoms with Crippen LogP contribution < -0.4 is 5.73 Å². The number of hydrogen-bond acceptors (Lipinski definition) is 6. The van der Waals surface area contributed by atoms with Gasteiger partial charge in [0.1, 0.15) is 29.3 Å². The molecule has 5 rings (SSSR count). The van der Waals surface area contributed by atoms with Crippen molar-refractivity contribution in [3.8, 4) is 0 Å². The minimum absolute atomic E-state index is 0.0929. The van der Waals surface area contributed by atoms with Crippen molar-refractivity contribution >= 4 is 34.0 Å². The predicted octanol–water partition coefficient (Wildman–Crippen LogP) is 3.69. The highest BCUT2D eigenvalue weighted by Gasteiger charge is 2.26. The molecule has 1 saturated heterocycles. The van der Waals surface area contributed by atoms with Crippen molar-refractivity contribution in [3.05, 3.63) is 65.5 Å². The standard InChI is InChI=1S/C23H21FN4O3/c24-15-9-7-14(8-10-15)12-28-21(25)19(23(29)31-13-16-4-3-11-30-16)20-22(28)27-18-6-2-1-5-17(18)26-20/h1-2,5-10,16H,3-4,11-13,25H2/t16-/m0/s1. The van der Waals surface area contributed by atoms with Gasteiger partial charge in [0.25, 0.3) is 0 Å². The number of carbonyl (C=O) groups excluding carboxylic acids is 1. The summed E-state index contributed by atoms with van der Waals surface area (Å²) in [7, 11) is 0. The van der Waals surface area contributed by atoms with E-state index in [-0.39, 0.29) is 29.9 Å². The number of anilines is 1. The Labute approximate surface area is 177 Å². The molecular formula is C23H21FN4O3. The Morgan fingerprint density at radius 1 is 1.16 bits per heavy atom. The van der Waals surface area contributed by atoms with Gasteiger partial charge in [0.05, 0.1) is 23.7 Å². The Morgan fingerprint density at radius 2 is 1.90 bits per heavy atom. The van der Waals surface area contributed by atoms with Crippen LogP contribution in [-0.4, -0.2) is 39.8 Å². The van der Waals surface area contributed by atoms with E-state index in [0.717, 1.165) is 18.4 Å². The monoisotopic (exact) mass is 420 g/mol. The number of esters is 1. The SMILES string of the molecule is Nc1c(C(=O)OC[C@@H]2CCCO2)c2nc3ccccc3nc2n1Cc1ccc(F)cc1. The Balaban J connectivity index is 1.59. The fourth-order valence-electron chi connectivity index (χ4n) is 3.87. The van der Waals surface area contributed by atoms with Crippen LogP contribution in [0.3, 0.4) is 0 Å². The molecule has 158 valence electrons. The van der Waals surface area contributed by atoms with Crippen molar-refractivity contribution in [1.29, 1.82) is 0 Å². The molecule has 1 aliphatic rings. The fourth-order valence-corrected chi connectivity index (χ4v) is 3.87. The lowest BCUT2D eigenvalue weighted by molar-refractivity contribution is 0.0163. The van der Waals surface area contributed by atoms with Crippen LogP contribution in [0, 0.1) is 5.82 Å². The van der Waals surface area contributed by atoms with E-state index < -0.39 is 5.97 Å². The molecule has 0 spiro atoms. The molecule has 3 heterocycles. The molecule has 2 aromatic heterocycles.